The van der Waals surface area contributed by atoms with Crippen molar-refractivity contribution in [2.45, 2.75) is 44.9 Å². The number of hydrogen-bond donors (Lipinski definition) is 2. The van der Waals surface area contributed by atoms with Gasteiger partial charge in [0.15, 0.2) is 5.82 Å². The molecule has 1 heterocycles. The molecular formula is C16H21N3O2. The van der Waals surface area contributed by atoms with Crippen LogP contribution < -0.4 is 5.73 Å². The summed E-state index contributed by atoms with van der Waals surface area (Å²) in [7, 11) is 0. The summed E-state index contributed by atoms with van der Waals surface area (Å²) in [5, 5.41) is 13.8. The fourth-order valence-corrected chi connectivity index (χ4v) is 3.02. The molecule has 1 aliphatic rings. The largest absolute Gasteiger partial charge is 0.506 e. The van der Waals surface area contributed by atoms with Crippen molar-refractivity contribution < 1.29 is 9.63 Å². The number of nitrogen functional groups attached to an aromatic ring is 1. The van der Waals surface area contributed by atoms with Crippen LogP contribution >= 0.6 is 0 Å². The third-order valence-electron chi connectivity index (χ3n) is 4.51. The van der Waals surface area contributed by atoms with Crippen LogP contribution in [-0.2, 0) is 0 Å². The van der Waals surface area contributed by atoms with Gasteiger partial charge >= 0.3 is 0 Å². The van der Waals surface area contributed by atoms with E-state index in [0.29, 0.717) is 23.1 Å². The van der Waals surface area contributed by atoms with Gasteiger partial charge in [0, 0.05) is 11.5 Å². The van der Waals surface area contributed by atoms with Crippen molar-refractivity contribution in [2.24, 2.45) is 5.92 Å². The third-order valence-corrected chi connectivity index (χ3v) is 4.51. The van der Waals surface area contributed by atoms with Crippen molar-refractivity contribution in [2.75, 3.05) is 5.73 Å². The van der Waals surface area contributed by atoms with Crippen LogP contribution in [0, 0.1) is 5.92 Å². The van der Waals surface area contributed by atoms with Gasteiger partial charge in [-0.2, -0.15) is 4.98 Å². The molecule has 0 saturated heterocycles. The number of hydrogen-bond acceptors (Lipinski definition) is 5. The number of nitrogens with two attached hydrogens (primary N) is 1. The molecule has 5 nitrogen and oxygen atoms in total. The van der Waals surface area contributed by atoms with Crippen molar-refractivity contribution in [3.05, 3.63) is 24.0 Å². The molecule has 2 aromatic rings. The smallest absolute Gasteiger partial charge is 0.258 e. The number of aromatic nitrogens is 2. The van der Waals surface area contributed by atoms with Gasteiger partial charge in [-0.25, -0.2) is 0 Å². The van der Waals surface area contributed by atoms with Gasteiger partial charge in [-0.1, -0.05) is 18.5 Å². The molecule has 1 aromatic heterocycles. The van der Waals surface area contributed by atoms with Crippen molar-refractivity contribution in [3.63, 3.8) is 0 Å². The van der Waals surface area contributed by atoms with Crippen LogP contribution in [-0.4, -0.2) is 15.2 Å². The zero-order valence-electron chi connectivity index (χ0n) is 12.2. The number of anilines is 1. The van der Waals surface area contributed by atoms with Gasteiger partial charge in [0.2, 0.25) is 0 Å². The molecule has 0 aliphatic heterocycles. The van der Waals surface area contributed by atoms with E-state index in [2.05, 4.69) is 17.1 Å². The number of aromatic hydroxyl groups is 1. The van der Waals surface area contributed by atoms with Gasteiger partial charge in [-0.3, -0.25) is 0 Å². The SMILES string of the molecule is CCC1CCC(c2noc(-c3ccc(N)c(O)c3)n2)CC1. The van der Waals surface area contributed by atoms with Crippen LogP contribution in [0.25, 0.3) is 11.5 Å². The zero-order valence-corrected chi connectivity index (χ0v) is 12.2. The molecule has 1 aliphatic carbocycles. The normalized spacial score (nSPS) is 22.3. The lowest BCUT2D eigenvalue weighted by Gasteiger charge is -2.25. The fourth-order valence-electron chi connectivity index (χ4n) is 3.02. The lowest BCUT2D eigenvalue weighted by atomic mass is 9.80. The Hall–Kier alpha value is -2.04. The van der Waals surface area contributed by atoms with Gasteiger partial charge in [0.25, 0.3) is 5.89 Å². The topological polar surface area (TPSA) is 85.2 Å². The predicted octanol–water partition coefficient (Wildman–Crippen LogP) is 3.71. The summed E-state index contributed by atoms with van der Waals surface area (Å²) in [6.45, 7) is 2.25. The van der Waals surface area contributed by atoms with Gasteiger partial charge in [0.1, 0.15) is 5.75 Å². The summed E-state index contributed by atoms with van der Waals surface area (Å²) in [6.07, 6.45) is 6.01. The Morgan fingerprint density at radius 2 is 2.05 bits per heavy atom. The molecule has 1 fully saturated rings. The highest BCUT2D eigenvalue weighted by molar-refractivity contribution is 5.63. The van der Waals surface area contributed by atoms with Crippen molar-refractivity contribution in [1.82, 2.24) is 10.1 Å². The fraction of sp³-hybridized carbons (Fsp3) is 0.500. The summed E-state index contributed by atoms with van der Waals surface area (Å²) in [5.74, 6) is 2.51. The average molecular weight is 287 g/mol. The van der Waals surface area contributed by atoms with E-state index in [4.69, 9.17) is 10.3 Å². The minimum Gasteiger partial charge on any atom is -0.506 e. The summed E-state index contributed by atoms with van der Waals surface area (Å²) in [4.78, 5) is 4.50. The first kappa shape index (κ1) is 13.9. The third kappa shape index (κ3) is 2.86. The molecule has 1 aromatic carbocycles. The predicted molar refractivity (Wildman–Crippen MR) is 80.8 cm³/mol. The minimum absolute atomic E-state index is 0.0377. The Kier molecular flexibility index (Phi) is 3.82. The molecule has 0 radical (unpaired) electrons. The number of nitrogens with zero attached hydrogens (tertiary/aromatic N) is 2. The number of phenolic OH excluding ortho intramolecular Hbond substituents is 1. The molecule has 1 saturated carbocycles. The van der Waals surface area contributed by atoms with Crippen LogP contribution in [0.2, 0.25) is 0 Å². The first-order chi connectivity index (χ1) is 10.2. The number of phenols is 1. The van der Waals surface area contributed by atoms with E-state index in [1.807, 2.05) is 0 Å². The molecule has 0 atom stereocenters. The molecule has 0 amide bonds. The van der Waals surface area contributed by atoms with Crippen molar-refractivity contribution in [3.8, 4) is 17.2 Å². The molecule has 21 heavy (non-hydrogen) atoms. The number of rotatable bonds is 3. The van der Waals surface area contributed by atoms with E-state index in [0.717, 1.165) is 24.6 Å². The first-order valence-electron chi connectivity index (χ1n) is 7.59. The van der Waals surface area contributed by atoms with E-state index < -0.39 is 0 Å². The van der Waals surface area contributed by atoms with E-state index in [1.54, 1.807) is 18.2 Å². The maximum Gasteiger partial charge on any atom is 0.258 e. The first-order valence-corrected chi connectivity index (χ1v) is 7.59. The molecule has 0 unspecified atom stereocenters. The second-order valence-electron chi connectivity index (χ2n) is 5.86. The Balaban J connectivity index is 1.76. The molecule has 112 valence electrons. The van der Waals surface area contributed by atoms with E-state index in [1.165, 1.54) is 19.3 Å². The molecule has 3 rings (SSSR count). The molecule has 5 heteroatoms. The number of benzene rings is 1. The maximum atomic E-state index is 9.66. The molecule has 0 bridgehead atoms. The molecular weight excluding hydrogens is 266 g/mol. The Morgan fingerprint density at radius 1 is 1.29 bits per heavy atom. The Bertz CT molecular complexity index is 616. The monoisotopic (exact) mass is 287 g/mol. The standard InChI is InChI=1S/C16H21N3O2/c1-2-10-3-5-11(6-4-10)15-18-16(21-19-15)12-7-8-13(17)14(20)9-12/h7-11,20H,2-6,17H2,1H3. The van der Waals surface area contributed by atoms with Gasteiger partial charge in [-0.15, -0.1) is 0 Å². The van der Waals surface area contributed by atoms with Crippen LogP contribution in [0.5, 0.6) is 5.75 Å². The van der Waals surface area contributed by atoms with E-state index >= 15 is 0 Å². The highest BCUT2D eigenvalue weighted by Gasteiger charge is 2.25. The average Bonchev–Trinajstić information content (AvgIpc) is 3.00. The van der Waals surface area contributed by atoms with Crippen LogP contribution in [0.1, 0.15) is 50.8 Å². The second-order valence-corrected chi connectivity index (χ2v) is 5.86. The maximum absolute atomic E-state index is 9.66. The van der Waals surface area contributed by atoms with Gasteiger partial charge in [-0.05, 0) is 49.8 Å². The van der Waals surface area contributed by atoms with Crippen molar-refractivity contribution in [1.29, 1.82) is 0 Å². The zero-order chi connectivity index (χ0) is 14.8. The summed E-state index contributed by atoms with van der Waals surface area (Å²) >= 11 is 0. The quantitative estimate of drug-likeness (QED) is 0.664. The molecule has 0 spiro atoms. The van der Waals surface area contributed by atoms with Crippen LogP contribution in [0.15, 0.2) is 22.7 Å². The Morgan fingerprint density at radius 3 is 2.71 bits per heavy atom. The lowest BCUT2D eigenvalue weighted by molar-refractivity contribution is 0.305. The van der Waals surface area contributed by atoms with E-state index in [-0.39, 0.29) is 5.75 Å². The summed E-state index contributed by atoms with van der Waals surface area (Å²) in [5.41, 5.74) is 6.64. The Labute approximate surface area is 124 Å². The summed E-state index contributed by atoms with van der Waals surface area (Å²) in [6, 6.07) is 4.97. The highest BCUT2D eigenvalue weighted by Crippen LogP contribution is 2.36. The highest BCUT2D eigenvalue weighted by atomic mass is 16.5. The van der Waals surface area contributed by atoms with Crippen molar-refractivity contribution >= 4 is 5.69 Å². The van der Waals surface area contributed by atoms with Gasteiger partial charge in [0.05, 0.1) is 5.69 Å². The summed E-state index contributed by atoms with van der Waals surface area (Å²) < 4.78 is 5.34. The van der Waals surface area contributed by atoms with E-state index in [9.17, 15) is 5.11 Å². The van der Waals surface area contributed by atoms with Gasteiger partial charge < -0.3 is 15.4 Å². The van der Waals surface area contributed by atoms with Crippen LogP contribution in [0.4, 0.5) is 5.69 Å². The second kappa shape index (κ2) is 5.76. The molecule has 3 N–H and O–H groups in total. The lowest BCUT2D eigenvalue weighted by Crippen LogP contribution is -2.13. The van der Waals surface area contributed by atoms with Crippen LogP contribution in [0.3, 0.4) is 0 Å². The minimum atomic E-state index is 0.0377.